The molecule has 0 atom stereocenters. The van der Waals surface area contributed by atoms with Gasteiger partial charge in [-0.2, -0.15) is 0 Å². The van der Waals surface area contributed by atoms with E-state index in [9.17, 15) is 0 Å². The predicted octanol–water partition coefficient (Wildman–Crippen LogP) is 12.4. The fourth-order valence-electron chi connectivity index (χ4n) is 8.33. The summed E-state index contributed by atoms with van der Waals surface area (Å²) in [4.78, 5) is 0. The van der Waals surface area contributed by atoms with Crippen LogP contribution in [0.3, 0.4) is 0 Å². The second kappa shape index (κ2) is 9.57. The van der Waals surface area contributed by atoms with Crippen LogP contribution in [0.5, 0.6) is 0 Å². The maximum absolute atomic E-state index is 2.47. The quantitative estimate of drug-likeness (QED) is 0.177. The lowest BCUT2D eigenvalue weighted by Crippen LogP contribution is -1.96. The Morgan fingerprint density at radius 2 is 0.812 bits per heavy atom. The first-order valence-electron chi connectivity index (χ1n) is 16.6. The van der Waals surface area contributed by atoms with E-state index in [1.807, 2.05) is 0 Å². The average molecular weight is 609 g/mol. The van der Waals surface area contributed by atoms with Crippen molar-refractivity contribution >= 4 is 75.9 Å². The van der Waals surface area contributed by atoms with Crippen molar-refractivity contribution in [1.82, 2.24) is 9.13 Å². The SMILES string of the molecule is c1ccc(-n2c3ccccc3c3cc(-c4ccc5c(c4)c4ccccc4n5-c4ccc5ccc6cccc7ccc4c5c67)ccc32)cc1. The Kier molecular flexibility index (Phi) is 5.14. The molecule has 0 bridgehead atoms. The molecule has 0 aliphatic carbocycles. The molecule has 0 radical (unpaired) electrons. The summed E-state index contributed by atoms with van der Waals surface area (Å²) in [6.07, 6.45) is 0. The molecule has 11 rings (SSSR count). The first kappa shape index (κ1) is 25.8. The lowest BCUT2D eigenvalue weighted by Gasteiger charge is -2.16. The molecule has 2 aromatic heterocycles. The zero-order valence-electron chi connectivity index (χ0n) is 26.1. The summed E-state index contributed by atoms with van der Waals surface area (Å²) in [6, 6.07) is 62.5. The van der Waals surface area contributed by atoms with Gasteiger partial charge in [-0.1, -0.05) is 115 Å². The summed E-state index contributed by atoms with van der Waals surface area (Å²) in [6.45, 7) is 0. The third-order valence-corrected chi connectivity index (χ3v) is 10.4. The maximum atomic E-state index is 2.47. The van der Waals surface area contributed by atoms with Gasteiger partial charge in [0.25, 0.3) is 0 Å². The van der Waals surface area contributed by atoms with Crippen LogP contribution in [-0.4, -0.2) is 9.13 Å². The van der Waals surface area contributed by atoms with Crippen LogP contribution in [0.25, 0.3) is 98.4 Å². The minimum atomic E-state index is 1.18. The molecule has 0 aliphatic heterocycles. The molecule has 2 heterocycles. The largest absolute Gasteiger partial charge is 0.309 e. The average Bonchev–Trinajstić information content (AvgIpc) is 3.66. The molecular weight excluding hydrogens is 581 g/mol. The first-order chi connectivity index (χ1) is 23.8. The van der Waals surface area contributed by atoms with E-state index in [1.165, 1.54) is 98.4 Å². The van der Waals surface area contributed by atoms with Gasteiger partial charge in [-0.3, -0.25) is 0 Å². The lowest BCUT2D eigenvalue weighted by molar-refractivity contribution is 1.18. The highest BCUT2D eigenvalue weighted by Gasteiger charge is 2.18. The van der Waals surface area contributed by atoms with Crippen molar-refractivity contribution in [3.63, 3.8) is 0 Å². The summed E-state index contributed by atoms with van der Waals surface area (Å²) in [5.74, 6) is 0. The van der Waals surface area contributed by atoms with Gasteiger partial charge < -0.3 is 9.13 Å². The molecule has 2 nitrogen and oxygen atoms in total. The Balaban J connectivity index is 1.15. The number of aromatic nitrogens is 2. The van der Waals surface area contributed by atoms with Crippen molar-refractivity contribution in [2.24, 2.45) is 0 Å². The van der Waals surface area contributed by atoms with E-state index >= 15 is 0 Å². The topological polar surface area (TPSA) is 9.86 Å². The van der Waals surface area contributed by atoms with Crippen molar-refractivity contribution in [1.29, 1.82) is 0 Å². The Labute approximate surface area is 276 Å². The second-order valence-corrected chi connectivity index (χ2v) is 12.9. The van der Waals surface area contributed by atoms with Gasteiger partial charge in [-0.15, -0.1) is 0 Å². The maximum Gasteiger partial charge on any atom is 0.0541 e. The molecule has 0 spiro atoms. The van der Waals surface area contributed by atoms with Gasteiger partial charge in [0.1, 0.15) is 0 Å². The fourth-order valence-corrected chi connectivity index (χ4v) is 8.33. The second-order valence-electron chi connectivity index (χ2n) is 12.9. The van der Waals surface area contributed by atoms with Crippen LogP contribution >= 0.6 is 0 Å². The molecule has 2 heteroatoms. The highest BCUT2D eigenvalue weighted by atomic mass is 15.0. The van der Waals surface area contributed by atoms with Crippen molar-refractivity contribution in [3.05, 3.63) is 170 Å². The minimum absolute atomic E-state index is 1.18. The van der Waals surface area contributed by atoms with Crippen molar-refractivity contribution in [3.8, 4) is 22.5 Å². The number of para-hydroxylation sites is 3. The van der Waals surface area contributed by atoms with E-state index in [0.717, 1.165) is 0 Å². The van der Waals surface area contributed by atoms with Crippen LogP contribution in [0.1, 0.15) is 0 Å². The monoisotopic (exact) mass is 608 g/mol. The summed E-state index contributed by atoms with van der Waals surface area (Å²) in [5, 5.41) is 12.9. The number of hydrogen-bond acceptors (Lipinski definition) is 0. The van der Waals surface area contributed by atoms with Gasteiger partial charge in [-0.05, 0) is 92.7 Å². The lowest BCUT2D eigenvalue weighted by atomic mass is 9.93. The van der Waals surface area contributed by atoms with E-state index in [-0.39, 0.29) is 0 Å². The van der Waals surface area contributed by atoms with Crippen molar-refractivity contribution in [2.45, 2.75) is 0 Å². The highest BCUT2D eigenvalue weighted by molar-refractivity contribution is 6.25. The van der Waals surface area contributed by atoms with Gasteiger partial charge in [-0.25, -0.2) is 0 Å². The molecule has 0 amide bonds. The van der Waals surface area contributed by atoms with Crippen LogP contribution in [0.2, 0.25) is 0 Å². The van der Waals surface area contributed by atoms with Crippen LogP contribution < -0.4 is 0 Å². The zero-order valence-corrected chi connectivity index (χ0v) is 26.1. The number of rotatable bonds is 3. The molecule has 0 unspecified atom stereocenters. The van der Waals surface area contributed by atoms with Crippen molar-refractivity contribution < 1.29 is 0 Å². The number of hydrogen-bond donors (Lipinski definition) is 0. The van der Waals surface area contributed by atoms with Crippen LogP contribution in [0.4, 0.5) is 0 Å². The third kappa shape index (κ3) is 3.46. The molecule has 9 aromatic carbocycles. The van der Waals surface area contributed by atoms with Crippen LogP contribution in [-0.2, 0) is 0 Å². The van der Waals surface area contributed by atoms with Gasteiger partial charge in [0.05, 0.1) is 27.8 Å². The zero-order chi connectivity index (χ0) is 31.3. The van der Waals surface area contributed by atoms with E-state index < -0.39 is 0 Å². The molecule has 48 heavy (non-hydrogen) atoms. The Morgan fingerprint density at radius 3 is 1.50 bits per heavy atom. The van der Waals surface area contributed by atoms with Gasteiger partial charge in [0, 0.05) is 32.6 Å². The van der Waals surface area contributed by atoms with Gasteiger partial charge in [0.15, 0.2) is 0 Å². The highest BCUT2D eigenvalue weighted by Crippen LogP contribution is 2.42. The van der Waals surface area contributed by atoms with Crippen LogP contribution in [0.15, 0.2) is 170 Å². The minimum Gasteiger partial charge on any atom is -0.309 e. The Morgan fingerprint density at radius 1 is 0.292 bits per heavy atom. The van der Waals surface area contributed by atoms with E-state index in [1.54, 1.807) is 0 Å². The Bertz CT molecular complexity index is 3030. The van der Waals surface area contributed by atoms with Gasteiger partial charge >= 0.3 is 0 Å². The molecule has 0 fully saturated rings. The van der Waals surface area contributed by atoms with E-state index in [2.05, 4.69) is 179 Å². The summed E-state index contributed by atoms with van der Waals surface area (Å²) in [5.41, 5.74) is 9.73. The van der Waals surface area contributed by atoms with Crippen molar-refractivity contribution in [2.75, 3.05) is 0 Å². The molecule has 222 valence electrons. The van der Waals surface area contributed by atoms with Crippen LogP contribution in [0, 0.1) is 0 Å². The fraction of sp³-hybridized carbons (Fsp3) is 0. The first-order valence-corrected chi connectivity index (χ1v) is 16.6. The predicted molar refractivity (Wildman–Crippen MR) is 204 cm³/mol. The molecule has 0 saturated heterocycles. The normalized spacial score (nSPS) is 12.2. The molecular formula is C46H28N2. The smallest absolute Gasteiger partial charge is 0.0541 e. The molecule has 0 N–H and O–H groups in total. The molecule has 0 saturated carbocycles. The summed E-state index contributed by atoms with van der Waals surface area (Å²) < 4.78 is 4.85. The molecule has 0 aliphatic rings. The third-order valence-electron chi connectivity index (χ3n) is 10.4. The van der Waals surface area contributed by atoms with Gasteiger partial charge in [0.2, 0.25) is 0 Å². The summed E-state index contributed by atoms with van der Waals surface area (Å²) in [7, 11) is 0. The molecule has 11 aromatic rings. The number of fused-ring (bicyclic) bond motifs is 6. The number of benzene rings is 9. The van der Waals surface area contributed by atoms with E-state index in [4.69, 9.17) is 0 Å². The standard InChI is InChI=1S/C46H28N2/c1-2-11-34(12-3-1)47-40-15-6-4-13-35(40)38-27-32(21-25-43(38)47)33-22-26-44-39(28-33)36-14-5-7-16-41(36)48(44)42-24-20-31-18-17-29-9-8-10-30-19-23-37(42)46(31)45(29)30/h1-28H. The Hall–Kier alpha value is -6.38. The summed E-state index contributed by atoms with van der Waals surface area (Å²) >= 11 is 0. The van der Waals surface area contributed by atoms with E-state index in [0.29, 0.717) is 0 Å². The number of nitrogens with zero attached hydrogens (tertiary/aromatic N) is 2.